The van der Waals surface area contributed by atoms with Crippen molar-refractivity contribution < 1.29 is 28.6 Å². The molecular weight excluding hydrogens is 340 g/mol. The van der Waals surface area contributed by atoms with E-state index in [9.17, 15) is 14.4 Å². The number of fused-ring (bicyclic) bond motifs is 1. The first-order valence-corrected chi connectivity index (χ1v) is 7.60. The Bertz CT molecular complexity index is 922. The largest absolute Gasteiger partial charge is 0.496 e. The Morgan fingerprint density at radius 3 is 2.23 bits per heavy atom. The minimum Gasteiger partial charge on any atom is -0.496 e. The highest BCUT2D eigenvalue weighted by molar-refractivity contribution is 6.25. The van der Waals surface area contributed by atoms with Gasteiger partial charge in [0.05, 0.1) is 43.7 Å². The van der Waals surface area contributed by atoms with Crippen LogP contribution in [-0.4, -0.2) is 39.1 Å². The molecule has 8 nitrogen and oxygen atoms in total. The highest BCUT2D eigenvalue weighted by atomic mass is 16.5. The molecule has 0 aromatic heterocycles. The molecule has 134 valence electrons. The highest BCUT2D eigenvalue weighted by Gasteiger charge is 2.30. The number of carbonyl (C=O) groups excluding carboxylic acids is 3. The van der Waals surface area contributed by atoms with E-state index in [2.05, 4.69) is 10.6 Å². The fourth-order valence-corrected chi connectivity index (χ4v) is 2.72. The lowest BCUT2D eigenvalue weighted by atomic mass is 10.1. The van der Waals surface area contributed by atoms with E-state index in [1.807, 2.05) is 0 Å². The van der Waals surface area contributed by atoms with Gasteiger partial charge in [0.25, 0.3) is 17.7 Å². The minimum absolute atomic E-state index is 0.130. The van der Waals surface area contributed by atoms with Crippen molar-refractivity contribution in [3.05, 3.63) is 47.0 Å². The molecule has 2 aromatic carbocycles. The molecule has 2 N–H and O–H groups in total. The van der Waals surface area contributed by atoms with Gasteiger partial charge in [0.1, 0.15) is 5.75 Å². The van der Waals surface area contributed by atoms with E-state index < -0.39 is 17.7 Å². The van der Waals surface area contributed by atoms with Crippen LogP contribution in [0.2, 0.25) is 0 Å². The van der Waals surface area contributed by atoms with E-state index in [-0.39, 0.29) is 28.1 Å². The van der Waals surface area contributed by atoms with Crippen molar-refractivity contribution in [2.75, 3.05) is 26.6 Å². The number of methoxy groups -OCH3 is 3. The Morgan fingerprint density at radius 1 is 0.923 bits per heavy atom. The third kappa shape index (κ3) is 2.81. The van der Waals surface area contributed by atoms with Gasteiger partial charge in [-0.15, -0.1) is 0 Å². The van der Waals surface area contributed by atoms with E-state index in [1.165, 1.54) is 39.5 Å². The SMILES string of the molecule is COc1cc(OC)c(C(=O)Nc2cccc3c2C(=O)NC3=O)cc1OC. The maximum Gasteiger partial charge on any atom is 0.261 e. The fraction of sp³-hybridized carbons (Fsp3) is 0.167. The first-order chi connectivity index (χ1) is 12.5. The summed E-state index contributed by atoms with van der Waals surface area (Å²) in [5.41, 5.74) is 0.762. The van der Waals surface area contributed by atoms with E-state index >= 15 is 0 Å². The van der Waals surface area contributed by atoms with Crippen molar-refractivity contribution in [2.24, 2.45) is 0 Å². The Morgan fingerprint density at radius 2 is 1.58 bits per heavy atom. The molecule has 0 radical (unpaired) electrons. The van der Waals surface area contributed by atoms with E-state index in [0.717, 1.165) is 0 Å². The Labute approximate surface area is 149 Å². The third-order valence-corrected chi connectivity index (χ3v) is 3.96. The number of amides is 3. The molecular formula is C18H16N2O6. The molecule has 1 aliphatic heterocycles. The Balaban J connectivity index is 2.00. The number of imide groups is 1. The minimum atomic E-state index is -0.555. The topological polar surface area (TPSA) is 103 Å². The molecule has 1 heterocycles. The van der Waals surface area contributed by atoms with Gasteiger partial charge in [-0.1, -0.05) is 6.07 Å². The summed E-state index contributed by atoms with van der Waals surface area (Å²) in [6.45, 7) is 0. The van der Waals surface area contributed by atoms with Crippen molar-refractivity contribution in [1.82, 2.24) is 5.32 Å². The van der Waals surface area contributed by atoms with E-state index in [1.54, 1.807) is 12.1 Å². The maximum atomic E-state index is 12.7. The first kappa shape index (κ1) is 17.3. The summed E-state index contributed by atoms with van der Waals surface area (Å²) in [5, 5.41) is 4.85. The van der Waals surface area contributed by atoms with Crippen molar-refractivity contribution in [3.63, 3.8) is 0 Å². The normalized spacial score (nSPS) is 12.3. The quantitative estimate of drug-likeness (QED) is 0.793. The van der Waals surface area contributed by atoms with Gasteiger partial charge in [-0.3, -0.25) is 19.7 Å². The van der Waals surface area contributed by atoms with Gasteiger partial charge in [0, 0.05) is 12.1 Å². The van der Waals surface area contributed by atoms with Crippen LogP contribution in [0.25, 0.3) is 0 Å². The fourth-order valence-electron chi connectivity index (χ4n) is 2.72. The second kappa shape index (κ2) is 6.75. The van der Waals surface area contributed by atoms with E-state index in [4.69, 9.17) is 14.2 Å². The number of ether oxygens (including phenoxy) is 3. The first-order valence-electron chi connectivity index (χ1n) is 7.60. The lowest BCUT2D eigenvalue weighted by molar-refractivity contribution is 0.0879. The monoisotopic (exact) mass is 356 g/mol. The summed E-state index contributed by atoms with van der Waals surface area (Å²) >= 11 is 0. The van der Waals surface area contributed by atoms with Gasteiger partial charge in [-0.25, -0.2) is 0 Å². The molecule has 0 saturated heterocycles. The zero-order valence-corrected chi connectivity index (χ0v) is 14.3. The molecule has 0 spiro atoms. The molecule has 0 aliphatic carbocycles. The average molecular weight is 356 g/mol. The van der Waals surface area contributed by atoms with Crippen LogP contribution in [-0.2, 0) is 0 Å². The average Bonchev–Trinajstić information content (AvgIpc) is 2.95. The van der Waals surface area contributed by atoms with Crippen molar-refractivity contribution in [2.45, 2.75) is 0 Å². The number of rotatable bonds is 5. The van der Waals surface area contributed by atoms with Crippen molar-refractivity contribution >= 4 is 23.4 Å². The molecule has 3 amide bonds. The van der Waals surface area contributed by atoms with Crippen LogP contribution in [0.4, 0.5) is 5.69 Å². The lowest BCUT2D eigenvalue weighted by Crippen LogP contribution is -2.21. The molecule has 1 aliphatic rings. The van der Waals surface area contributed by atoms with Gasteiger partial charge >= 0.3 is 0 Å². The predicted molar refractivity (Wildman–Crippen MR) is 92.3 cm³/mol. The van der Waals surface area contributed by atoms with Crippen LogP contribution in [0.15, 0.2) is 30.3 Å². The van der Waals surface area contributed by atoms with Gasteiger partial charge in [-0.05, 0) is 12.1 Å². The Hall–Kier alpha value is -3.55. The lowest BCUT2D eigenvalue weighted by Gasteiger charge is -2.14. The van der Waals surface area contributed by atoms with Gasteiger partial charge in [-0.2, -0.15) is 0 Å². The van der Waals surface area contributed by atoms with Crippen molar-refractivity contribution in [3.8, 4) is 17.2 Å². The van der Waals surface area contributed by atoms with Crippen LogP contribution in [0.5, 0.6) is 17.2 Å². The number of anilines is 1. The third-order valence-electron chi connectivity index (χ3n) is 3.96. The van der Waals surface area contributed by atoms with Crippen LogP contribution < -0.4 is 24.8 Å². The molecule has 0 bridgehead atoms. The molecule has 2 aromatic rings. The zero-order valence-electron chi connectivity index (χ0n) is 14.3. The summed E-state index contributed by atoms with van der Waals surface area (Å²) in [5.74, 6) is -0.544. The van der Waals surface area contributed by atoms with Crippen LogP contribution in [0.3, 0.4) is 0 Å². The molecule has 0 fully saturated rings. The number of hydrogen-bond donors (Lipinski definition) is 2. The summed E-state index contributed by atoms with van der Waals surface area (Å²) < 4.78 is 15.7. The van der Waals surface area contributed by atoms with Gasteiger partial charge in [0.15, 0.2) is 11.5 Å². The van der Waals surface area contributed by atoms with Crippen LogP contribution in [0, 0.1) is 0 Å². The number of hydrogen-bond acceptors (Lipinski definition) is 6. The van der Waals surface area contributed by atoms with Gasteiger partial charge in [0.2, 0.25) is 0 Å². The summed E-state index contributed by atoms with van der Waals surface area (Å²) in [4.78, 5) is 36.5. The zero-order chi connectivity index (χ0) is 18.8. The number of carbonyl (C=O) groups is 3. The Kier molecular flexibility index (Phi) is 4.49. The smallest absolute Gasteiger partial charge is 0.261 e. The standard InChI is InChI=1S/C18H16N2O6/c1-24-12-8-14(26-3)13(25-2)7-10(12)17(22)19-11-6-4-5-9-15(11)18(23)20-16(9)21/h4-8H,1-3H3,(H,19,22)(H,20,21,23). The second-order valence-corrected chi connectivity index (χ2v) is 5.37. The summed E-state index contributed by atoms with van der Waals surface area (Å²) in [6.07, 6.45) is 0. The predicted octanol–water partition coefficient (Wildman–Crippen LogP) is 1.85. The maximum absolute atomic E-state index is 12.7. The molecule has 0 saturated carbocycles. The molecule has 3 rings (SSSR count). The molecule has 26 heavy (non-hydrogen) atoms. The second-order valence-electron chi connectivity index (χ2n) is 5.37. The summed E-state index contributed by atoms with van der Waals surface area (Å²) in [7, 11) is 4.34. The number of benzene rings is 2. The number of nitrogens with one attached hydrogen (secondary N) is 2. The van der Waals surface area contributed by atoms with E-state index in [0.29, 0.717) is 11.5 Å². The van der Waals surface area contributed by atoms with Gasteiger partial charge < -0.3 is 19.5 Å². The molecule has 0 unspecified atom stereocenters. The van der Waals surface area contributed by atoms with Crippen molar-refractivity contribution in [1.29, 1.82) is 0 Å². The van der Waals surface area contributed by atoms with Crippen LogP contribution in [0.1, 0.15) is 31.1 Å². The summed E-state index contributed by atoms with van der Waals surface area (Å²) in [6, 6.07) is 7.64. The molecule has 8 heteroatoms. The molecule has 0 atom stereocenters. The van der Waals surface area contributed by atoms with Crippen LogP contribution >= 0.6 is 0 Å². The highest BCUT2D eigenvalue weighted by Crippen LogP contribution is 2.35.